The van der Waals surface area contributed by atoms with E-state index >= 15 is 0 Å². The Morgan fingerprint density at radius 2 is 1.76 bits per heavy atom. The minimum Gasteiger partial charge on any atom is -0.449 e. The second-order valence-electron chi connectivity index (χ2n) is 10.0. The molecule has 3 amide bonds. The summed E-state index contributed by atoms with van der Waals surface area (Å²) in [6.07, 6.45) is 0.709. The standard InChI is InChI=1S/C28H38N4O5/c1-18(2)16-24(32-28(36)37-15-14-21-11-7-8-19(3)29-21)26(34)31-23(17-20-9-5-4-6-10-20)25(33)27(35)30-22-12-13-22/h4-11,18,22-25,33H,12-17H2,1-3H3,(H,30,35)(H,31,34)(H,32,36)/t23-,24-,25?/m0/s1. The van der Waals surface area contributed by atoms with Crippen molar-refractivity contribution in [1.82, 2.24) is 20.9 Å². The second kappa shape index (κ2) is 13.7. The van der Waals surface area contributed by atoms with E-state index in [-0.39, 0.29) is 25.0 Å². The largest absolute Gasteiger partial charge is 0.449 e. The van der Waals surface area contributed by atoms with Crippen molar-refractivity contribution in [3.8, 4) is 0 Å². The normalized spacial score (nSPS) is 15.4. The Kier molecular flexibility index (Phi) is 10.4. The monoisotopic (exact) mass is 510 g/mol. The number of alkyl carbamates (subject to hydrolysis) is 1. The third-order valence-electron chi connectivity index (χ3n) is 6.05. The summed E-state index contributed by atoms with van der Waals surface area (Å²) >= 11 is 0. The van der Waals surface area contributed by atoms with Crippen LogP contribution in [0.5, 0.6) is 0 Å². The van der Waals surface area contributed by atoms with Crippen LogP contribution in [-0.2, 0) is 27.2 Å². The summed E-state index contributed by atoms with van der Waals surface area (Å²) in [7, 11) is 0. The molecule has 9 nitrogen and oxygen atoms in total. The van der Waals surface area contributed by atoms with Crippen molar-refractivity contribution < 1.29 is 24.2 Å². The lowest BCUT2D eigenvalue weighted by Gasteiger charge is -2.27. The Bertz CT molecular complexity index is 1040. The van der Waals surface area contributed by atoms with Gasteiger partial charge in [0.1, 0.15) is 6.04 Å². The highest BCUT2D eigenvalue weighted by Crippen LogP contribution is 2.19. The molecule has 3 atom stereocenters. The van der Waals surface area contributed by atoms with Gasteiger partial charge in [0.15, 0.2) is 6.10 Å². The van der Waals surface area contributed by atoms with E-state index in [0.717, 1.165) is 29.8 Å². The first kappa shape index (κ1) is 28.1. The van der Waals surface area contributed by atoms with Crippen LogP contribution in [0.2, 0.25) is 0 Å². The Morgan fingerprint density at radius 3 is 2.41 bits per heavy atom. The molecule has 9 heteroatoms. The Labute approximate surface area is 218 Å². The SMILES string of the molecule is Cc1cccc(CCOC(=O)N[C@@H](CC(C)C)C(=O)N[C@@H](Cc2ccccc2)C(O)C(=O)NC2CC2)n1. The van der Waals surface area contributed by atoms with Gasteiger partial charge in [-0.15, -0.1) is 0 Å². The molecular weight excluding hydrogens is 472 g/mol. The third kappa shape index (κ3) is 9.84. The zero-order valence-corrected chi connectivity index (χ0v) is 21.8. The number of aromatic nitrogens is 1. The highest BCUT2D eigenvalue weighted by atomic mass is 16.5. The van der Waals surface area contributed by atoms with E-state index in [4.69, 9.17) is 4.74 Å². The summed E-state index contributed by atoms with van der Waals surface area (Å²) in [5.74, 6) is -0.894. The lowest BCUT2D eigenvalue weighted by atomic mass is 9.98. The van der Waals surface area contributed by atoms with Gasteiger partial charge in [-0.25, -0.2) is 4.79 Å². The van der Waals surface area contributed by atoms with Gasteiger partial charge in [0, 0.05) is 23.9 Å². The van der Waals surface area contributed by atoms with E-state index in [0.29, 0.717) is 12.8 Å². The molecule has 0 radical (unpaired) electrons. The molecule has 2 aromatic rings. The number of aliphatic hydroxyl groups is 1. The number of aliphatic hydroxyl groups excluding tert-OH is 1. The number of amides is 3. The molecule has 1 heterocycles. The molecule has 1 unspecified atom stereocenters. The first-order chi connectivity index (χ1) is 17.7. The van der Waals surface area contributed by atoms with Gasteiger partial charge >= 0.3 is 6.09 Å². The fraction of sp³-hybridized carbons (Fsp3) is 0.500. The maximum absolute atomic E-state index is 13.3. The molecular formula is C28H38N4O5. The average molecular weight is 511 g/mol. The van der Waals surface area contributed by atoms with Crippen molar-refractivity contribution in [3.05, 3.63) is 65.5 Å². The van der Waals surface area contributed by atoms with Crippen molar-refractivity contribution >= 4 is 17.9 Å². The number of nitrogens with zero attached hydrogens (tertiary/aromatic N) is 1. The summed E-state index contributed by atoms with van der Waals surface area (Å²) in [6.45, 7) is 5.89. The molecule has 1 fully saturated rings. The fourth-order valence-corrected chi connectivity index (χ4v) is 3.96. The molecule has 4 N–H and O–H groups in total. The molecule has 0 saturated heterocycles. The molecule has 1 aliphatic rings. The van der Waals surface area contributed by atoms with Crippen molar-refractivity contribution in [2.45, 2.75) is 77.1 Å². The number of aryl methyl sites for hydroxylation is 1. The Balaban J connectivity index is 1.62. The molecule has 37 heavy (non-hydrogen) atoms. The van der Waals surface area contributed by atoms with Crippen LogP contribution >= 0.6 is 0 Å². The molecule has 200 valence electrons. The number of carbonyl (C=O) groups excluding carboxylic acids is 3. The van der Waals surface area contributed by atoms with Crippen molar-refractivity contribution in [2.75, 3.05) is 6.61 Å². The number of nitrogens with one attached hydrogen (secondary N) is 3. The van der Waals surface area contributed by atoms with Crippen LogP contribution in [-0.4, -0.2) is 58.8 Å². The van der Waals surface area contributed by atoms with Gasteiger partial charge in [-0.3, -0.25) is 14.6 Å². The number of carbonyl (C=O) groups is 3. The summed E-state index contributed by atoms with van der Waals surface area (Å²) < 4.78 is 5.30. The minimum atomic E-state index is -1.43. The second-order valence-corrected chi connectivity index (χ2v) is 10.0. The number of ether oxygens (including phenoxy) is 1. The van der Waals surface area contributed by atoms with Gasteiger partial charge in [-0.1, -0.05) is 50.2 Å². The summed E-state index contributed by atoms with van der Waals surface area (Å²) in [6, 6.07) is 13.3. The summed E-state index contributed by atoms with van der Waals surface area (Å²) in [5.41, 5.74) is 2.56. The van der Waals surface area contributed by atoms with Gasteiger partial charge < -0.3 is 25.8 Å². The molecule has 1 aromatic carbocycles. The number of benzene rings is 1. The summed E-state index contributed by atoms with van der Waals surface area (Å²) in [5, 5.41) is 19.1. The van der Waals surface area contributed by atoms with Crippen molar-refractivity contribution in [1.29, 1.82) is 0 Å². The molecule has 1 saturated carbocycles. The molecule has 0 bridgehead atoms. The van der Waals surface area contributed by atoms with Crippen molar-refractivity contribution in [2.24, 2.45) is 5.92 Å². The first-order valence-electron chi connectivity index (χ1n) is 12.9. The topological polar surface area (TPSA) is 130 Å². The first-order valence-corrected chi connectivity index (χ1v) is 12.9. The summed E-state index contributed by atoms with van der Waals surface area (Å²) in [4.78, 5) is 42.7. The van der Waals surface area contributed by atoms with Crippen LogP contribution in [0.4, 0.5) is 4.79 Å². The van der Waals surface area contributed by atoms with Crippen LogP contribution in [0.25, 0.3) is 0 Å². The van der Waals surface area contributed by atoms with Gasteiger partial charge in [-0.05, 0) is 56.2 Å². The minimum absolute atomic E-state index is 0.0790. The van der Waals surface area contributed by atoms with Crippen LogP contribution < -0.4 is 16.0 Å². The van der Waals surface area contributed by atoms with Crippen LogP contribution in [0.15, 0.2) is 48.5 Å². The average Bonchev–Trinajstić information content (AvgIpc) is 3.67. The number of hydrogen-bond acceptors (Lipinski definition) is 6. The molecule has 0 aliphatic heterocycles. The highest BCUT2D eigenvalue weighted by molar-refractivity contribution is 5.87. The maximum Gasteiger partial charge on any atom is 0.407 e. The van der Waals surface area contributed by atoms with Crippen LogP contribution in [0.1, 0.15) is 50.1 Å². The third-order valence-corrected chi connectivity index (χ3v) is 6.05. The van der Waals surface area contributed by atoms with Gasteiger partial charge in [0.2, 0.25) is 5.91 Å². The van der Waals surface area contributed by atoms with Gasteiger partial charge in [0.25, 0.3) is 5.91 Å². The zero-order chi connectivity index (χ0) is 26.8. The molecule has 3 rings (SSSR count). The lowest BCUT2D eigenvalue weighted by molar-refractivity contribution is -0.132. The predicted molar refractivity (Wildman–Crippen MR) is 140 cm³/mol. The molecule has 1 aromatic heterocycles. The number of rotatable bonds is 13. The predicted octanol–water partition coefficient (Wildman–Crippen LogP) is 2.44. The van der Waals surface area contributed by atoms with E-state index < -0.39 is 36.1 Å². The van der Waals surface area contributed by atoms with E-state index in [2.05, 4.69) is 20.9 Å². The van der Waals surface area contributed by atoms with E-state index in [1.54, 1.807) is 0 Å². The quantitative estimate of drug-likeness (QED) is 0.328. The van der Waals surface area contributed by atoms with Crippen LogP contribution in [0, 0.1) is 12.8 Å². The van der Waals surface area contributed by atoms with Gasteiger partial charge in [0.05, 0.1) is 12.6 Å². The van der Waals surface area contributed by atoms with E-state index in [9.17, 15) is 19.5 Å². The van der Waals surface area contributed by atoms with E-state index in [1.165, 1.54) is 0 Å². The number of hydrogen-bond donors (Lipinski definition) is 4. The number of pyridine rings is 1. The highest BCUT2D eigenvalue weighted by Gasteiger charge is 2.34. The van der Waals surface area contributed by atoms with Crippen LogP contribution in [0.3, 0.4) is 0 Å². The van der Waals surface area contributed by atoms with Gasteiger partial charge in [-0.2, -0.15) is 0 Å². The molecule has 1 aliphatic carbocycles. The smallest absolute Gasteiger partial charge is 0.407 e. The Hall–Kier alpha value is -3.46. The fourth-order valence-electron chi connectivity index (χ4n) is 3.96. The maximum atomic E-state index is 13.3. The molecule has 0 spiro atoms. The Morgan fingerprint density at radius 1 is 1.03 bits per heavy atom. The van der Waals surface area contributed by atoms with E-state index in [1.807, 2.05) is 69.3 Å². The van der Waals surface area contributed by atoms with Crippen molar-refractivity contribution in [3.63, 3.8) is 0 Å². The zero-order valence-electron chi connectivity index (χ0n) is 21.8. The lowest BCUT2D eigenvalue weighted by Crippen LogP contribution is -2.56.